The first kappa shape index (κ1) is 11.6. The first-order valence-electron chi connectivity index (χ1n) is 3.74. The van der Waals surface area contributed by atoms with Gasteiger partial charge in [0.05, 0.1) is 10.7 Å². The highest BCUT2D eigenvalue weighted by Gasteiger charge is 2.09. The molecular formula is C8H6BrF2N3O. The molecule has 15 heavy (non-hydrogen) atoms. The summed E-state index contributed by atoms with van der Waals surface area (Å²) in [5.74, 6) is -1.52. The number of halogens is 3. The summed E-state index contributed by atoms with van der Waals surface area (Å²) in [5.41, 5.74) is 6.63. The van der Waals surface area contributed by atoms with Crippen LogP contribution in [0.25, 0.3) is 0 Å². The number of primary amides is 1. The molecule has 7 heteroatoms. The maximum Gasteiger partial charge on any atom is 0.332 e. The van der Waals surface area contributed by atoms with Gasteiger partial charge < -0.3 is 5.73 Å². The van der Waals surface area contributed by atoms with Crippen LogP contribution in [0.4, 0.5) is 13.6 Å². The van der Waals surface area contributed by atoms with E-state index in [2.05, 4.69) is 21.0 Å². The average molecular weight is 278 g/mol. The predicted octanol–water partition coefficient (Wildman–Crippen LogP) is 1.73. The highest BCUT2D eigenvalue weighted by atomic mass is 79.9. The number of nitrogens with one attached hydrogen (secondary N) is 1. The van der Waals surface area contributed by atoms with Crippen LogP contribution in [0.15, 0.2) is 21.7 Å². The van der Waals surface area contributed by atoms with Crippen LogP contribution in [-0.4, -0.2) is 12.2 Å². The Morgan fingerprint density at radius 1 is 1.53 bits per heavy atom. The molecule has 0 bridgehead atoms. The zero-order valence-electron chi connectivity index (χ0n) is 7.30. The standard InChI is InChI=1S/C8H6BrF2N3O/c9-6-5(10)2-1-4(7(6)11)3-13-14-8(12)15/h1-3H,(H3,12,14,15). The normalized spacial score (nSPS) is 10.6. The third-order valence-electron chi connectivity index (χ3n) is 1.44. The summed E-state index contributed by atoms with van der Waals surface area (Å²) in [6, 6.07) is 1.38. The third kappa shape index (κ3) is 2.98. The van der Waals surface area contributed by atoms with Crippen LogP contribution in [-0.2, 0) is 0 Å². The maximum atomic E-state index is 13.3. The summed E-state index contributed by atoms with van der Waals surface area (Å²) in [6.07, 6.45) is 1.02. The summed E-state index contributed by atoms with van der Waals surface area (Å²) in [5, 5.41) is 3.34. The van der Waals surface area contributed by atoms with Gasteiger partial charge in [-0.15, -0.1) is 0 Å². The molecule has 4 nitrogen and oxygen atoms in total. The van der Waals surface area contributed by atoms with Gasteiger partial charge in [-0.1, -0.05) is 0 Å². The Morgan fingerprint density at radius 3 is 2.80 bits per heavy atom. The molecule has 0 aliphatic rings. The highest BCUT2D eigenvalue weighted by Crippen LogP contribution is 2.21. The minimum absolute atomic E-state index is 0.0250. The Morgan fingerprint density at radius 2 is 2.20 bits per heavy atom. The Bertz CT molecular complexity index is 423. The third-order valence-corrected chi connectivity index (χ3v) is 2.17. The van der Waals surface area contributed by atoms with Crippen molar-refractivity contribution in [1.29, 1.82) is 0 Å². The fourth-order valence-corrected chi connectivity index (χ4v) is 1.17. The number of benzene rings is 1. The number of urea groups is 1. The van der Waals surface area contributed by atoms with E-state index in [1.165, 1.54) is 6.07 Å². The summed E-state index contributed by atoms with van der Waals surface area (Å²) in [6.45, 7) is 0. The van der Waals surface area contributed by atoms with Crippen LogP contribution in [0.1, 0.15) is 5.56 Å². The number of carbonyl (C=O) groups excluding carboxylic acids is 1. The van der Waals surface area contributed by atoms with Crippen molar-refractivity contribution in [3.63, 3.8) is 0 Å². The second-order valence-electron chi connectivity index (χ2n) is 2.50. The van der Waals surface area contributed by atoms with Gasteiger partial charge in [-0.3, -0.25) is 0 Å². The first-order chi connectivity index (χ1) is 7.02. The van der Waals surface area contributed by atoms with Crippen molar-refractivity contribution in [1.82, 2.24) is 5.43 Å². The zero-order chi connectivity index (χ0) is 11.4. The van der Waals surface area contributed by atoms with Gasteiger partial charge in [0, 0.05) is 5.56 Å². The van der Waals surface area contributed by atoms with Crippen molar-refractivity contribution >= 4 is 28.2 Å². The smallest absolute Gasteiger partial charge is 0.332 e. The molecule has 0 radical (unpaired) electrons. The molecule has 0 heterocycles. The second kappa shape index (κ2) is 4.83. The van der Waals surface area contributed by atoms with Gasteiger partial charge in [0.25, 0.3) is 0 Å². The molecule has 0 fully saturated rings. The lowest BCUT2D eigenvalue weighted by molar-refractivity contribution is 0.249. The number of hydrazone groups is 1. The molecular weight excluding hydrogens is 272 g/mol. The molecule has 1 rings (SSSR count). The quantitative estimate of drug-likeness (QED) is 0.483. The molecule has 1 aromatic rings. The Balaban J connectivity index is 2.92. The van der Waals surface area contributed by atoms with E-state index < -0.39 is 17.7 Å². The van der Waals surface area contributed by atoms with Gasteiger partial charge in [-0.05, 0) is 28.1 Å². The fourth-order valence-electron chi connectivity index (χ4n) is 0.806. The van der Waals surface area contributed by atoms with Crippen LogP contribution in [0.2, 0.25) is 0 Å². The van der Waals surface area contributed by atoms with Crippen LogP contribution in [0.5, 0.6) is 0 Å². The molecule has 1 aromatic carbocycles. The van der Waals surface area contributed by atoms with Crippen molar-refractivity contribution in [2.45, 2.75) is 0 Å². The van der Waals surface area contributed by atoms with E-state index in [4.69, 9.17) is 5.73 Å². The van der Waals surface area contributed by atoms with Crippen LogP contribution >= 0.6 is 15.9 Å². The second-order valence-corrected chi connectivity index (χ2v) is 3.29. The Labute approximate surface area is 92.3 Å². The minimum Gasteiger partial charge on any atom is -0.350 e. The average Bonchev–Trinajstić information content (AvgIpc) is 2.18. The van der Waals surface area contributed by atoms with Gasteiger partial charge in [-0.25, -0.2) is 19.0 Å². The van der Waals surface area contributed by atoms with Crippen LogP contribution in [0.3, 0.4) is 0 Å². The summed E-state index contributed by atoms with van der Waals surface area (Å²) >= 11 is 2.73. The molecule has 0 atom stereocenters. The number of nitrogens with zero attached hydrogens (tertiary/aromatic N) is 1. The zero-order valence-corrected chi connectivity index (χ0v) is 8.88. The molecule has 0 spiro atoms. The number of carbonyl (C=O) groups is 1. The number of rotatable bonds is 2. The Hall–Kier alpha value is -1.50. The van der Waals surface area contributed by atoms with Gasteiger partial charge in [-0.2, -0.15) is 5.10 Å². The van der Waals surface area contributed by atoms with Crippen molar-refractivity contribution in [2.24, 2.45) is 10.8 Å². The molecule has 3 N–H and O–H groups in total. The predicted molar refractivity (Wildman–Crippen MR) is 54.4 cm³/mol. The maximum absolute atomic E-state index is 13.3. The van der Waals surface area contributed by atoms with Crippen molar-refractivity contribution < 1.29 is 13.6 Å². The monoisotopic (exact) mass is 277 g/mol. The fraction of sp³-hybridized carbons (Fsp3) is 0. The lowest BCUT2D eigenvalue weighted by atomic mass is 10.2. The van der Waals surface area contributed by atoms with E-state index in [1.807, 2.05) is 5.43 Å². The van der Waals surface area contributed by atoms with E-state index in [9.17, 15) is 13.6 Å². The number of nitrogens with two attached hydrogens (primary N) is 1. The summed E-state index contributed by atoms with van der Waals surface area (Å²) < 4.78 is 25.8. The highest BCUT2D eigenvalue weighted by molar-refractivity contribution is 9.10. The van der Waals surface area contributed by atoms with E-state index in [0.717, 1.165) is 12.3 Å². The number of hydrogen-bond acceptors (Lipinski definition) is 2. The first-order valence-corrected chi connectivity index (χ1v) is 4.53. The summed E-state index contributed by atoms with van der Waals surface area (Å²) in [4.78, 5) is 10.2. The SMILES string of the molecule is NC(=O)NN=Cc1ccc(F)c(Br)c1F. The largest absolute Gasteiger partial charge is 0.350 e. The molecule has 0 aliphatic heterocycles. The molecule has 0 aliphatic carbocycles. The van der Waals surface area contributed by atoms with E-state index in [1.54, 1.807) is 0 Å². The minimum atomic E-state index is -0.868. The van der Waals surface area contributed by atoms with Gasteiger partial charge >= 0.3 is 6.03 Å². The van der Waals surface area contributed by atoms with Gasteiger partial charge in [0.1, 0.15) is 11.6 Å². The molecule has 0 saturated heterocycles. The van der Waals surface area contributed by atoms with Gasteiger partial charge in [0.15, 0.2) is 0 Å². The van der Waals surface area contributed by atoms with E-state index in [-0.39, 0.29) is 10.0 Å². The molecule has 0 unspecified atom stereocenters. The molecule has 0 aromatic heterocycles. The van der Waals surface area contributed by atoms with E-state index >= 15 is 0 Å². The van der Waals surface area contributed by atoms with Crippen LogP contribution in [0, 0.1) is 11.6 Å². The number of hydrogen-bond donors (Lipinski definition) is 2. The van der Waals surface area contributed by atoms with Crippen LogP contribution < -0.4 is 11.2 Å². The van der Waals surface area contributed by atoms with E-state index in [0.29, 0.717) is 0 Å². The molecule has 2 amide bonds. The Kier molecular flexibility index (Phi) is 3.73. The lowest BCUT2D eigenvalue weighted by Crippen LogP contribution is -2.24. The number of amides is 2. The molecule has 80 valence electrons. The lowest BCUT2D eigenvalue weighted by Gasteiger charge is -2.00. The van der Waals surface area contributed by atoms with Crippen molar-refractivity contribution in [3.8, 4) is 0 Å². The molecule has 0 saturated carbocycles. The topological polar surface area (TPSA) is 67.5 Å². The van der Waals surface area contributed by atoms with Crippen molar-refractivity contribution in [3.05, 3.63) is 33.8 Å². The van der Waals surface area contributed by atoms with Crippen molar-refractivity contribution in [2.75, 3.05) is 0 Å². The summed E-state index contributed by atoms with van der Waals surface area (Å²) in [7, 11) is 0. The van der Waals surface area contributed by atoms with Gasteiger partial charge in [0.2, 0.25) is 0 Å².